The first-order valence-electron chi connectivity index (χ1n) is 5.02. The van der Waals surface area contributed by atoms with Crippen molar-refractivity contribution in [2.45, 2.75) is 0 Å². The van der Waals surface area contributed by atoms with Crippen LogP contribution >= 0.6 is 17.7 Å². The largest absolute Gasteiger partial charge is 0.296 e. The van der Waals surface area contributed by atoms with E-state index in [-0.39, 0.29) is 10.6 Å². The van der Waals surface area contributed by atoms with E-state index >= 15 is 0 Å². The van der Waals surface area contributed by atoms with Crippen molar-refractivity contribution in [3.63, 3.8) is 0 Å². The fourth-order valence-corrected chi connectivity index (χ4v) is 3.60. The summed E-state index contributed by atoms with van der Waals surface area (Å²) in [5.74, 6) is -3.92. The number of halogens is 5. The summed E-state index contributed by atoms with van der Waals surface area (Å²) in [5, 5.41) is -0.728. The molecule has 2 aromatic rings. The first-order chi connectivity index (χ1) is 8.79. The summed E-state index contributed by atoms with van der Waals surface area (Å²) < 4.78 is 64.6. The van der Waals surface area contributed by atoms with Gasteiger partial charge in [0.05, 0.1) is 0 Å². The molecule has 0 aliphatic rings. The maximum absolute atomic E-state index is 13.1. The monoisotopic (exact) mass is 308 g/mol. The molecule has 0 radical (unpaired) electrons. The number of hydrogen-bond donors (Lipinski definition) is 0. The van der Waals surface area contributed by atoms with Gasteiger partial charge in [0, 0.05) is 22.7 Å². The van der Waals surface area contributed by atoms with Gasteiger partial charge >= 0.3 is 0 Å². The lowest BCUT2D eigenvalue weighted by molar-refractivity contribution is 0.579. The molecule has 0 aromatic heterocycles. The second-order valence-corrected chi connectivity index (χ2v) is 7.31. The molecule has 0 bridgehead atoms. The van der Waals surface area contributed by atoms with Gasteiger partial charge in [0.15, 0.2) is 0 Å². The molecule has 0 unspecified atom stereocenters. The van der Waals surface area contributed by atoms with Crippen LogP contribution in [0.15, 0.2) is 36.4 Å². The summed E-state index contributed by atoms with van der Waals surface area (Å²) in [6.45, 7) is -3.99. The maximum Gasteiger partial charge on any atom is 0.226 e. The van der Waals surface area contributed by atoms with Crippen LogP contribution in [0.2, 0.25) is 0 Å². The van der Waals surface area contributed by atoms with E-state index in [9.17, 15) is 22.1 Å². The predicted molar refractivity (Wildman–Crippen MR) is 65.4 cm³/mol. The minimum absolute atomic E-state index is 0.364. The molecule has 7 heteroatoms. The van der Waals surface area contributed by atoms with E-state index in [4.69, 9.17) is 11.2 Å². The average Bonchev–Trinajstić information content (AvgIpc) is 2.26. The second-order valence-electron chi connectivity index (χ2n) is 3.79. The van der Waals surface area contributed by atoms with Crippen LogP contribution in [-0.4, -0.2) is 0 Å². The quantitative estimate of drug-likeness (QED) is 0.610. The number of benzene rings is 2. The van der Waals surface area contributed by atoms with Gasteiger partial charge in [-0.1, -0.05) is 0 Å². The predicted octanol–water partition coefficient (Wildman–Crippen LogP) is 3.71. The standard InChI is InChI=1S/C12H6ClF4OP/c13-19(18,11-3-7(14)1-8(15)4-11)12-5-9(16)2-10(17)6-12/h1-6H. The first-order valence-corrected chi connectivity index (χ1v) is 7.63. The molecule has 0 spiro atoms. The summed E-state index contributed by atoms with van der Waals surface area (Å²) in [6, 6.07) is 4.21. The second kappa shape index (κ2) is 4.99. The Morgan fingerprint density at radius 3 is 1.21 bits per heavy atom. The molecule has 0 saturated carbocycles. The van der Waals surface area contributed by atoms with Crippen molar-refractivity contribution in [3.05, 3.63) is 59.7 Å². The minimum atomic E-state index is -3.99. The van der Waals surface area contributed by atoms with Gasteiger partial charge in [0.25, 0.3) is 0 Å². The van der Waals surface area contributed by atoms with Crippen molar-refractivity contribution in [2.75, 3.05) is 0 Å². The third-order valence-electron chi connectivity index (χ3n) is 2.36. The van der Waals surface area contributed by atoms with E-state index in [1.807, 2.05) is 0 Å². The van der Waals surface area contributed by atoms with Crippen LogP contribution in [0.4, 0.5) is 17.6 Å². The van der Waals surface area contributed by atoms with E-state index < -0.39 is 29.8 Å². The van der Waals surface area contributed by atoms with Crippen molar-refractivity contribution in [1.82, 2.24) is 0 Å². The highest BCUT2D eigenvalue weighted by molar-refractivity contribution is 8.00. The molecule has 2 aromatic carbocycles. The zero-order valence-electron chi connectivity index (χ0n) is 9.21. The minimum Gasteiger partial charge on any atom is -0.296 e. The fourth-order valence-electron chi connectivity index (χ4n) is 1.56. The number of hydrogen-bond acceptors (Lipinski definition) is 1. The maximum atomic E-state index is 13.1. The Morgan fingerprint density at radius 2 is 0.947 bits per heavy atom. The molecule has 0 heterocycles. The zero-order chi connectivity index (χ0) is 14.2. The van der Waals surface area contributed by atoms with Gasteiger partial charge in [-0.2, -0.15) is 0 Å². The highest BCUT2D eigenvalue weighted by Crippen LogP contribution is 2.49. The van der Waals surface area contributed by atoms with Crippen LogP contribution in [0.5, 0.6) is 0 Å². The lowest BCUT2D eigenvalue weighted by atomic mass is 10.3. The van der Waals surface area contributed by atoms with Gasteiger partial charge in [0.2, 0.25) is 6.49 Å². The molecule has 0 aliphatic carbocycles. The molecule has 2 rings (SSSR count). The molecule has 1 nitrogen and oxygen atoms in total. The van der Waals surface area contributed by atoms with Crippen LogP contribution < -0.4 is 10.6 Å². The van der Waals surface area contributed by atoms with E-state index in [0.29, 0.717) is 12.1 Å². The van der Waals surface area contributed by atoms with Crippen LogP contribution in [0.25, 0.3) is 0 Å². The molecule has 100 valence electrons. The molecule has 0 aliphatic heterocycles. The molecule has 0 amide bonds. The van der Waals surface area contributed by atoms with Crippen molar-refractivity contribution in [2.24, 2.45) is 0 Å². The summed E-state index contributed by atoms with van der Waals surface area (Å²) in [7, 11) is 0. The highest BCUT2D eigenvalue weighted by atomic mass is 35.7. The fraction of sp³-hybridized carbons (Fsp3) is 0. The summed E-state index contributed by atoms with van der Waals surface area (Å²) in [4.78, 5) is 0. The smallest absolute Gasteiger partial charge is 0.226 e. The SMILES string of the molecule is O=P(Cl)(c1cc(F)cc(F)c1)c1cc(F)cc(F)c1. The third kappa shape index (κ3) is 2.99. The number of rotatable bonds is 2. The van der Waals surface area contributed by atoms with Crippen LogP contribution in [-0.2, 0) is 4.57 Å². The average molecular weight is 309 g/mol. The van der Waals surface area contributed by atoms with E-state index in [1.165, 1.54) is 0 Å². The Kier molecular flexibility index (Phi) is 3.70. The lowest BCUT2D eigenvalue weighted by Gasteiger charge is -2.12. The van der Waals surface area contributed by atoms with Crippen molar-refractivity contribution in [1.29, 1.82) is 0 Å². The van der Waals surface area contributed by atoms with Crippen LogP contribution in [0.3, 0.4) is 0 Å². The molecular formula is C12H6ClF4OP. The van der Waals surface area contributed by atoms with Crippen molar-refractivity contribution < 1.29 is 22.1 Å². The zero-order valence-corrected chi connectivity index (χ0v) is 10.9. The Morgan fingerprint density at radius 1 is 0.684 bits per heavy atom. The van der Waals surface area contributed by atoms with Gasteiger partial charge < -0.3 is 0 Å². The van der Waals surface area contributed by atoms with Crippen LogP contribution in [0, 0.1) is 23.3 Å². The van der Waals surface area contributed by atoms with E-state index in [1.54, 1.807) is 0 Å². The van der Waals surface area contributed by atoms with Gasteiger partial charge in [0.1, 0.15) is 23.3 Å². The van der Waals surface area contributed by atoms with E-state index in [0.717, 1.165) is 24.3 Å². The molecule has 0 saturated heterocycles. The van der Waals surface area contributed by atoms with Gasteiger partial charge in [-0.3, -0.25) is 4.57 Å². The molecule has 0 fully saturated rings. The van der Waals surface area contributed by atoms with Gasteiger partial charge in [-0.25, -0.2) is 17.6 Å². The molecule has 19 heavy (non-hydrogen) atoms. The van der Waals surface area contributed by atoms with Crippen LogP contribution in [0.1, 0.15) is 0 Å². The Labute approximate surface area is 111 Å². The topological polar surface area (TPSA) is 17.1 Å². The van der Waals surface area contributed by atoms with Gasteiger partial charge in [-0.05, 0) is 35.5 Å². The Hall–Kier alpha value is -1.32. The summed E-state index contributed by atoms with van der Waals surface area (Å²) in [5.41, 5.74) is 0. The molecular weight excluding hydrogens is 303 g/mol. The Bertz CT molecular complexity index is 593. The van der Waals surface area contributed by atoms with Crippen molar-refractivity contribution in [3.8, 4) is 0 Å². The Balaban J connectivity index is 2.61. The first kappa shape index (κ1) is 14.1. The third-order valence-corrected chi connectivity index (χ3v) is 5.37. The normalized spacial score (nSPS) is 11.6. The molecule has 0 N–H and O–H groups in total. The molecule has 0 atom stereocenters. The van der Waals surface area contributed by atoms with Crippen molar-refractivity contribution >= 4 is 28.3 Å². The van der Waals surface area contributed by atoms with Gasteiger partial charge in [-0.15, -0.1) is 0 Å². The highest BCUT2D eigenvalue weighted by Gasteiger charge is 2.27. The van der Waals surface area contributed by atoms with E-state index in [2.05, 4.69) is 0 Å². The lowest BCUT2D eigenvalue weighted by Crippen LogP contribution is -2.14. The summed E-state index contributed by atoms with van der Waals surface area (Å²) in [6.07, 6.45) is 0. The summed E-state index contributed by atoms with van der Waals surface area (Å²) >= 11 is 5.76.